The summed E-state index contributed by atoms with van der Waals surface area (Å²) in [6.07, 6.45) is 7.25. The third-order valence-electron chi connectivity index (χ3n) is 4.30. The van der Waals surface area contributed by atoms with Gasteiger partial charge in [-0.2, -0.15) is 0 Å². The Kier molecular flexibility index (Phi) is 5.72. The molecule has 0 amide bonds. The second-order valence-corrected chi connectivity index (χ2v) is 7.77. The Morgan fingerprint density at radius 3 is 2.57 bits per heavy atom. The molecule has 1 saturated carbocycles. The van der Waals surface area contributed by atoms with Crippen LogP contribution in [0.2, 0.25) is 0 Å². The summed E-state index contributed by atoms with van der Waals surface area (Å²) in [7, 11) is -3.45. The van der Waals surface area contributed by atoms with Crippen LogP contribution in [0.25, 0.3) is 0 Å². The first-order chi connectivity index (χ1) is 10.0. The van der Waals surface area contributed by atoms with E-state index in [0.717, 1.165) is 12.3 Å². The molecule has 0 unspecified atom stereocenters. The minimum absolute atomic E-state index is 0.206. The highest BCUT2D eigenvalue weighted by Crippen LogP contribution is 2.30. The van der Waals surface area contributed by atoms with Crippen LogP contribution in [0.3, 0.4) is 0 Å². The van der Waals surface area contributed by atoms with Gasteiger partial charge in [0, 0.05) is 19.3 Å². The van der Waals surface area contributed by atoms with Crippen LogP contribution < -0.4 is 10.5 Å². The predicted octanol–water partition coefficient (Wildman–Crippen LogP) is 2.03. The lowest BCUT2D eigenvalue weighted by Crippen LogP contribution is -2.27. The van der Waals surface area contributed by atoms with Gasteiger partial charge in [0.25, 0.3) is 0 Å². The van der Waals surface area contributed by atoms with E-state index in [1.54, 1.807) is 12.1 Å². The molecule has 6 heteroatoms. The Hall–Kier alpha value is -0.980. The fourth-order valence-corrected chi connectivity index (χ4v) is 3.78. The van der Waals surface area contributed by atoms with Crippen molar-refractivity contribution in [3.63, 3.8) is 0 Å². The summed E-state index contributed by atoms with van der Waals surface area (Å²) < 4.78 is 27.0. The van der Waals surface area contributed by atoms with Crippen LogP contribution in [0.15, 0.2) is 23.2 Å². The minimum Gasteiger partial charge on any atom is -0.325 e. The Balaban J connectivity index is 1.83. The zero-order valence-electron chi connectivity index (χ0n) is 12.6. The monoisotopic (exact) mass is 311 g/mol. The molecule has 1 aromatic rings. The molecule has 0 spiro atoms. The number of nitrogens with zero attached hydrogens (tertiary/aromatic N) is 1. The van der Waals surface area contributed by atoms with E-state index in [2.05, 4.69) is 16.6 Å². The largest absolute Gasteiger partial charge is 0.325 e. The highest BCUT2D eigenvalue weighted by atomic mass is 32.2. The first-order valence-electron chi connectivity index (χ1n) is 7.66. The minimum atomic E-state index is -3.45. The summed E-state index contributed by atoms with van der Waals surface area (Å²) in [4.78, 5) is 4.23. The molecular formula is C15H25N3O2S. The molecule has 0 radical (unpaired) electrons. The fourth-order valence-electron chi connectivity index (χ4n) is 2.79. The van der Waals surface area contributed by atoms with Crippen LogP contribution in [-0.2, 0) is 16.6 Å². The van der Waals surface area contributed by atoms with Crippen molar-refractivity contribution >= 4 is 10.0 Å². The molecule has 0 aromatic carbocycles. The van der Waals surface area contributed by atoms with Crippen LogP contribution >= 0.6 is 0 Å². The number of hydrogen-bond donors (Lipinski definition) is 2. The molecule has 3 N–H and O–H groups in total. The maximum Gasteiger partial charge on any atom is 0.242 e. The first-order valence-corrected chi connectivity index (χ1v) is 9.14. The predicted molar refractivity (Wildman–Crippen MR) is 83.1 cm³/mol. The van der Waals surface area contributed by atoms with E-state index in [9.17, 15) is 8.42 Å². The zero-order chi connectivity index (χ0) is 15.3. The lowest BCUT2D eigenvalue weighted by molar-refractivity contribution is 0.278. The van der Waals surface area contributed by atoms with Gasteiger partial charge in [0.2, 0.25) is 10.0 Å². The third kappa shape index (κ3) is 4.76. The van der Waals surface area contributed by atoms with Crippen molar-refractivity contribution in [2.24, 2.45) is 17.6 Å². The van der Waals surface area contributed by atoms with Crippen molar-refractivity contribution < 1.29 is 8.42 Å². The van der Waals surface area contributed by atoms with Crippen molar-refractivity contribution in [1.29, 1.82) is 0 Å². The molecule has 118 valence electrons. The Morgan fingerprint density at radius 2 is 2.00 bits per heavy atom. The van der Waals surface area contributed by atoms with Crippen molar-refractivity contribution in [3.8, 4) is 0 Å². The highest BCUT2D eigenvalue weighted by Gasteiger charge is 2.19. The Morgan fingerprint density at radius 1 is 1.29 bits per heavy atom. The second kappa shape index (κ2) is 7.33. The van der Waals surface area contributed by atoms with Gasteiger partial charge in [-0.3, -0.25) is 4.98 Å². The van der Waals surface area contributed by atoms with Crippen LogP contribution in [0.5, 0.6) is 0 Å². The molecule has 1 aliphatic carbocycles. The molecule has 0 bridgehead atoms. The number of pyridine rings is 1. The summed E-state index contributed by atoms with van der Waals surface area (Å²) in [5.41, 5.74) is 6.14. The maximum atomic E-state index is 12.1. The third-order valence-corrected chi connectivity index (χ3v) is 5.74. The SMILES string of the molecule is CC1CCC(CCNS(=O)(=O)c2ccc(CN)nc2)CC1. The molecule has 1 aliphatic rings. The lowest BCUT2D eigenvalue weighted by Gasteiger charge is -2.26. The zero-order valence-corrected chi connectivity index (χ0v) is 13.4. The molecular weight excluding hydrogens is 286 g/mol. The second-order valence-electron chi connectivity index (χ2n) is 6.00. The number of aromatic nitrogens is 1. The molecule has 0 aliphatic heterocycles. The van der Waals surface area contributed by atoms with E-state index in [1.807, 2.05) is 0 Å². The van der Waals surface area contributed by atoms with Crippen molar-refractivity contribution in [2.75, 3.05) is 6.54 Å². The smallest absolute Gasteiger partial charge is 0.242 e. The number of nitrogens with two attached hydrogens (primary N) is 1. The Labute approximate surface area is 127 Å². The number of sulfonamides is 1. The van der Waals surface area contributed by atoms with E-state index in [4.69, 9.17) is 5.73 Å². The summed E-state index contributed by atoms with van der Waals surface area (Å²) >= 11 is 0. The van der Waals surface area contributed by atoms with E-state index in [0.29, 0.717) is 24.7 Å². The molecule has 21 heavy (non-hydrogen) atoms. The van der Waals surface area contributed by atoms with Crippen LogP contribution in [0.1, 0.15) is 44.7 Å². The van der Waals surface area contributed by atoms with Crippen LogP contribution in [-0.4, -0.2) is 19.9 Å². The van der Waals surface area contributed by atoms with Gasteiger partial charge in [-0.15, -0.1) is 0 Å². The van der Waals surface area contributed by atoms with Crippen LogP contribution in [0, 0.1) is 11.8 Å². The summed E-state index contributed by atoms with van der Waals surface area (Å²) in [5, 5.41) is 0. The van der Waals surface area contributed by atoms with Crippen molar-refractivity contribution in [1.82, 2.24) is 9.71 Å². The van der Waals surface area contributed by atoms with Crippen molar-refractivity contribution in [2.45, 2.75) is 50.5 Å². The molecule has 0 saturated heterocycles. The fraction of sp³-hybridized carbons (Fsp3) is 0.667. The van der Waals surface area contributed by atoms with Gasteiger partial charge < -0.3 is 5.73 Å². The molecule has 1 aromatic heterocycles. The van der Waals surface area contributed by atoms with Gasteiger partial charge >= 0.3 is 0 Å². The van der Waals surface area contributed by atoms with Gasteiger partial charge in [-0.05, 0) is 30.4 Å². The number of nitrogens with one attached hydrogen (secondary N) is 1. The molecule has 5 nitrogen and oxygen atoms in total. The quantitative estimate of drug-likeness (QED) is 0.842. The molecule has 2 rings (SSSR count). The van der Waals surface area contributed by atoms with Gasteiger partial charge in [0.05, 0.1) is 5.69 Å². The number of rotatable bonds is 6. The standard InChI is InChI=1S/C15H25N3O2S/c1-12-2-4-13(5-3-12)8-9-18-21(19,20)15-7-6-14(10-16)17-11-15/h6-7,11-13,18H,2-5,8-10,16H2,1H3. The van der Waals surface area contributed by atoms with Gasteiger partial charge in [0.15, 0.2) is 0 Å². The van der Waals surface area contributed by atoms with Gasteiger partial charge in [-0.25, -0.2) is 13.1 Å². The first kappa shape index (κ1) is 16.4. The van der Waals surface area contributed by atoms with E-state index < -0.39 is 10.0 Å². The lowest BCUT2D eigenvalue weighted by atomic mass is 9.81. The van der Waals surface area contributed by atoms with Gasteiger partial charge in [-0.1, -0.05) is 32.6 Å². The van der Waals surface area contributed by atoms with Crippen LogP contribution in [0.4, 0.5) is 0 Å². The van der Waals surface area contributed by atoms with E-state index in [-0.39, 0.29) is 4.90 Å². The molecule has 0 atom stereocenters. The topological polar surface area (TPSA) is 85.1 Å². The summed E-state index contributed by atoms with van der Waals surface area (Å²) in [5.74, 6) is 1.48. The van der Waals surface area contributed by atoms with E-state index in [1.165, 1.54) is 31.9 Å². The summed E-state index contributed by atoms with van der Waals surface area (Å²) in [6.45, 7) is 3.10. The molecule has 1 fully saturated rings. The highest BCUT2D eigenvalue weighted by molar-refractivity contribution is 7.89. The number of hydrogen-bond acceptors (Lipinski definition) is 4. The average Bonchev–Trinajstić information content (AvgIpc) is 2.49. The Bertz CT molecular complexity index is 535. The van der Waals surface area contributed by atoms with Gasteiger partial charge in [0.1, 0.15) is 4.90 Å². The van der Waals surface area contributed by atoms with E-state index >= 15 is 0 Å². The average molecular weight is 311 g/mol. The normalized spacial score (nSPS) is 23.1. The molecule has 1 heterocycles. The summed E-state index contributed by atoms with van der Waals surface area (Å²) in [6, 6.07) is 3.21. The maximum absolute atomic E-state index is 12.1. The van der Waals surface area contributed by atoms with Crippen molar-refractivity contribution in [3.05, 3.63) is 24.0 Å².